The molecule has 25 heavy (non-hydrogen) atoms. The molecule has 0 unspecified atom stereocenters. The average Bonchev–Trinajstić information content (AvgIpc) is 2.53. The van der Waals surface area contributed by atoms with Gasteiger partial charge in [0.15, 0.2) is 24.0 Å². The van der Waals surface area contributed by atoms with E-state index in [1.54, 1.807) is 24.5 Å². The van der Waals surface area contributed by atoms with Gasteiger partial charge in [0.2, 0.25) is 0 Å². The molecule has 0 fully saturated rings. The highest BCUT2D eigenvalue weighted by atomic mass is 16.1. The monoisotopic (exact) mass is 341 g/mol. The van der Waals surface area contributed by atoms with Gasteiger partial charge in [0.1, 0.15) is 7.05 Å². The zero-order valence-electron chi connectivity index (χ0n) is 16.3. The van der Waals surface area contributed by atoms with Crippen LogP contribution in [0.15, 0.2) is 49.1 Å². The standard InChI is InChI=1S/C11H16NO.C10H13NO/c1-11(2,3)10(13)9-6-5-7-12(4)8-9;1-10(2,3)9(12)8-5-4-6-11-7-8/h5-8H,1-4H3;4-7H,1-3H3/q+1;. The van der Waals surface area contributed by atoms with Crippen molar-refractivity contribution >= 4 is 11.6 Å². The zero-order chi connectivity index (χ0) is 19.3. The lowest BCUT2D eigenvalue weighted by atomic mass is 9.87. The molecule has 2 aromatic rings. The predicted molar refractivity (Wildman–Crippen MR) is 99.4 cm³/mol. The van der Waals surface area contributed by atoms with E-state index in [1.807, 2.05) is 77.7 Å². The van der Waals surface area contributed by atoms with Gasteiger partial charge in [0.25, 0.3) is 0 Å². The third-order valence-electron chi connectivity index (χ3n) is 3.49. The van der Waals surface area contributed by atoms with Crippen molar-refractivity contribution in [3.8, 4) is 0 Å². The molecule has 134 valence electrons. The fourth-order valence-electron chi connectivity index (χ4n) is 2.09. The van der Waals surface area contributed by atoms with Crippen molar-refractivity contribution in [3.63, 3.8) is 0 Å². The van der Waals surface area contributed by atoms with Crippen LogP contribution in [-0.2, 0) is 7.05 Å². The number of carbonyl (C=O) groups is 2. The molecule has 0 aromatic carbocycles. The summed E-state index contributed by atoms with van der Waals surface area (Å²) >= 11 is 0. The molecule has 0 aliphatic rings. The van der Waals surface area contributed by atoms with Gasteiger partial charge in [-0.1, -0.05) is 41.5 Å². The van der Waals surface area contributed by atoms with E-state index in [2.05, 4.69) is 4.98 Å². The van der Waals surface area contributed by atoms with Gasteiger partial charge in [-0.15, -0.1) is 0 Å². The number of ketones is 2. The zero-order valence-corrected chi connectivity index (χ0v) is 16.3. The van der Waals surface area contributed by atoms with Gasteiger partial charge < -0.3 is 0 Å². The summed E-state index contributed by atoms with van der Waals surface area (Å²) in [5.74, 6) is 0.319. The first kappa shape index (κ1) is 20.7. The Balaban J connectivity index is 0.000000251. The van der Waals surface area contributed by atoms with Crippen molar-refractivity contribution in [1.82, 2.24) is 4.98 Å². The molecule has 0 aliphatic heterocycles. The molecule has 0 bridgehead atoms. The Labute approximate surface area is 150 Å². The van der Waals surface area contributed by atoms with E-state index in [9.17, 15) is 9.59 Å². The highest BCUT2D eigenvalue weighted by Gasteiger charge is 2.24. The highest BCUT2D eigenvalue weighted by molar-refractivity contribution is 5.99. The number of Topliss-reactive ketones (excluding diaryl/α,β-unsaturated/α-hetero) is 2. The summed E-state index contributed by atoms with van der Waals surface area (Å²) < 4.78 is 1.89. The van der Waals surface area contributed by atoms with Crippen LogP contribution < -0.4 is 4.57 Å². The molecular formula is C21H29N2O2+. The predicted octanol–water partition coefficient (Wildman–Crippen LogP) is 4.05. The van der Waals surface area contributed by atoms with Gasteiger partial charge in [-0.3, -0.25) is 14.6 Å². The smallest absolute Gasteiger partial charge is 0.179 e. The van der Waals surface area contributed by atoms with Crippen LogP contribution >= 0.6 is 0 Å². The number of nitrogens with zero attached hydrogens (tertiary/aromatic N) is 2. The molecular weight excluding hydrogens is 312 g/mol. The number of aromatic nitrogens is 2. The SMILES string of the molecule is CC(C)(C)C(=O)c1cccnc1.C[n+]1cccc(C(=O)C(C)(C)C)c1. The van der Waals surface area contributed by atoms with Crippen LogP contribution in [0.1, 0.15) is 62.3 Å². The Morgan fingerprint density at radius 3 is 1.84 bits per heavy atom. The number of aryl methyl sites for hydroxylation is 1. The molecule has 2 heterocycles. The van der Waals surface area contributed by atoms with Gasteiger partial charge in [0, 0.05) is 34.9 Å². The van der Waals surface area contributed by atoms with E-state index in [0.717, 1.165) is 5.56 Å². The normalized spacial score (nSPS) is 11.3. The van der Waals surface area contributed by atoms with Crippen molar-refractivity contribution < 1.29 is 14.2 Å². The minimum atomic E-state index is -0.316. The van der Waals surface area contributed by atoms with E-state index in [0.29, 0.717) is 5.56 Å². The summed E-state index contributed by atoms with van der Waals surface area (Å²) in [6, 6.07) is 7.31. The van der Waals surface area contributed by atoms with Crippen molar-refractivity contribution in [1.29, 1.82) is 0 Å². The van der Waals surface area contributed by atoms with E-state index in [-0.39, 0.29) is 22.4 Å². The van der Waals surface area contributed by atoms with Gasteiger partial charge in [-0.25, -0.2) is 4.57 Å². The molecule has 4 heteroatoms. The molecule has 0 radical (unpaired) electrons. The van der Waals surface area contributed by atoms with E-state index in [1.165, 1.54) is 0 Å². The maximum Gasteiger partial charge on any atom is 0.179 e. The molecule has 0 atom stereocenters. The second-order valence-corrected chi connectivity index (χ2v) is 8.16. The van der Waals surface area contributed by atoms with Gasteiger partial charge in [-0.2, -0.15) is 0 Å². The van der Waals surface area contributed by atoms with Gasteiger partial charge >= 0.3 is 0 Å². The van der Waals surface area contributed by atoms with Crippen LogP contribution in [-0.4, -0.2) is 16.6 Å². The lowest BCUT2D eigenvalue weighted by Gasteiger charge is -2.15. The number of pyridine rings is 2. The Hall–Kier alpha value is -2.36. The summed E-state index contributed by atoms with van der Waals surface area (Å²) in [4.78, 5) is 27.3. The fourth-order valence-corrected chi connectivity index (χ4v) is 2.09. The van der Waals surface area contributed by atoms with Crippen LogP contribution in [0, 0.1) is 10.8 Å². The molecule has 0 spiro atoms. The van der Waals surface area contributed by atoms with Crippen molar-refractivity contribution in [3.05, 3.63) is 60.2 Å². The first-order chi connectivity index (χ1) is 11.4. The largest absolute Gasteiger partial charge is 0.294 e. The van der Waals surface area contributed by atoms with Crippen molar-refractivity contribution in [2.45, 2.75) is 41.5 Å². The molecule has 2 rings (SSSR count). The summed E-state index contributed by atoms with van der Waals surface area (Å²) in [6.45, 7) is 11.5. The molecule has 0 saturated heterocycles. The number of hydrogen-bond donors (Lipinski definition) is 0. The molecule has 0 aliphatic carbocycles. The number of rotatable bonds is 2. The molecule has 0 saturated carbocycles. The van der Waals surface area contributed by atoms with Crippen molar-refractivity contribution in [2.75, 3.05) is 0 Å². The van der Waals surface area contributed by atoms with E-state index >= 15 is 0 Å². The van der Waals surface area contributed by atoms with Crippen LogP contribution in [0.4, 0.5) is 0 Å². The van der Waals surface area contributed by atoms with Gasteiger partial charge in [-0.05, 0) is 18.2 Å². The number of carbonyl (C=O) groups excluding carboxylic acids is 2. The highest BCUT2D eigenvalue weighted by Crippen LogP contribution is 2.20. The summed E-state index contributed by atoms with van der Waals surface area (Å²) in [7, 11) is 1.92. The summed E-state index contributed by atoms with van der Waals surface area (Å²) in [5, 5.41) is 0. The second-order valence-electron chi connectivity index (χ2n) is 8.16. The maximum absolute atomic E-state index is 11.8. The van der Waals surface area contributed by atoms with Crippen LogP contribution in [0.2, 0.25) is 0 Å². The first-order valence-electron chi connectivity index (χ1n) is 8.38. The molecule has 0 N–H and O–H groups in total. The minimum Gasteiger partial charge on any atom is -0.294 e. The summed E-state index contributed by atoms with van der Waals surface area (Å²) in [6.07, 6.45) is 7.04. The lowest BCUT2D eigenvalue weighted by Crippen LogP contribution is -2.30. The minimum absolute atomic E-state index is 0.135. The average molecular weight is 341 g/mol. The fraction of sp³-hybridized carbons (Fsp3) is 0.429. The lowest BCUT2D eigenvalue weighted by molar-refractivity contribution is -0.671. The first-order valence-corrected chi connectivity index (χ1v) is 8.38. The Bertz CT molecular complexity index is 724. The Morgan fingerprint density at radius 2 is 1.40 bits per heavy atom. The molecule has 2 aromatic heterocycles. The topological polar surface area (TPSA) is 50.9 Å². The third-order valence-corrected chi connectivity index (χ3v) is 3.49. The van der Waals surface area contributed by atoms with Gasteiger partial charge in [0.05, 0.1) is 5.56 Å². The maximum atomic E-state index is 11.8. The van der Waals surface area contributed by atoms with E-state index in [4.69, 9.17) is 0 Å². The Kier molecular flexibility index (Phi) is 6.74. The quantitative estimate of drug-likeness (QED) is 0.611. The molecule has 0 amide bonds. The van der Waals surface area contributed by atoms with E-state index < -0.39 is 0 Å². The third kappa shape index (κ3) is 6.57. The Morgan fingerprint density at radius 1 is 0.880 bits per heavy atom. The number of hydrogen-bond acceptors (Lipinski definition) is 3. The summed E-state index contributed by atoms with van der Waals surface area (Å²) in [5.41, 5.74) is 0.847. The van der Waals surface area contributed by atoms with Crippen LogP contribution in [0.25, 0.3) is 0 Å². The molecule has 4 nitrogen and oxygen atoms in total. The van der Waals surface area contributed by atoms with Crippen LogP contribution in [0.3, 0.4) is 0 Å². The second kappa shape index (κ2) is 8.15. The van der Waals surface area contributed by atoms with Crippen LogP contribution in [0.5, 0.6) is 0 Å². The van der Waals surface area contributed by atoms with Crippen molar-refractivity contribution in [2.24, 2.45) is 17.9 Å².